The molecule has 1 aromatic rings. The molecular weight excluding hydrogens is 258 g/mol. The molecule has 1 N–H and O–H groups in total. The van der Waals surface area contributed by atoms with E-state index in [9.17, 15) is 5.26 Å². The van der Waals surface area contributed by atoms with E-state index in [4.69, 9.17) is 4.98 Å². The molecule has 2 fully saturated rings. The molecule has 0 aromatic carbocycles. The lowest BCUT2D eigenvalue weighted by Crippen LogP contribution is -2.21. The molecule has 0 spiro atoms. The zero-order valence-corrected chi connectivity index (χ0v) is 12.6. The monoisotopic (exact) mass is 281 g/mol. The molecule has 3 nitrogen and oxygen atoms in total. The first kappa shape index (κ1) is 13.1. The van der Waals surface area contributed by atoms with Crippen LogP contribution in [-0.2, 0) is 12.8 Å². The molecule has 3 aliphatic rings. The van der Waals surface area contributed by atoms with Crippen molar-refractivity contribution in [2.45, 2.75) is 51.4 Å². The molecule has 4 rings (SSSR count). The van der Waals surface area contributed by atoms with Crippen molar-refractivity contribution in [2.24, 2.45) is 17.8 Å². The molecule has 1 aromatic heterocycles. The summed E-state index contributed by atoms with van der Waals surface area (Å²) in [5.74, 6) is 3.54. The number of nitrogens with one attached hydrogen (secondary N) is 1. The minimum Gasteiger partial charge on any atom is -0.369 e. The van der Waals surface area contributed by atoms with Gasteiger partial charge in [-0.2, -0.15) is 5.26 Å². The Hall–Kier alpha value is -1.56. The van der Waals surface area contributed by atoms with Crippen molar-refractivity contribution in [1.82, 2.24) is 4.98 Å². The lowest BCUT2D eigenvalue weighted by molar-refractivity contribution is 0.348. The van der Waals surface area contributed by atoms with E-state index >= 15 is 0 Å². The zero-order chi connectivity index (χ0) is 14.2. The van der Waals surface area contributed by atoms with E-state index in [1.807, 2.05) is 0 Å². The number of anilines is 1. The summed E-state index contributed by atoms with van der Waals surface area (Å²) in [6.45, 7) is 1.00. The maximum absolute atomic E-state index is 9.39. The second kappa shape index (κ2) is 5.33. The second-order valence-corrected chi connectivity index (χ2v) is 7.13. The maximum atomic E-state index is 9.39. The van der Waals surface area contributed by atoms with Gasteiger partial charge in [-0.25, -0.2) is 4.98 Å². The fourth-order valence-corrected chi connectivity index (χ4v) is 4.71. The third kappa shape index (κ3) is 2.41. The minimum atomic E-state index is 0.735. The van der Waals surface area contributed by atoms with E-state index in [0.29, 0.717) is 0 Å². The Morgan fingerprint density at radius 1 is 1.24 bits per heavy atom. The number of nitrogens with zero attached hydrogens (tertiary/aromatic N) is 2. The lowest BCUT2D eigenvalue weighted by atomic mass is 9.89. The highest BCUT2D eigenvalue weighted by atomic mass is 15.0. The fraction of sp³-hybridized carbons (Fsp3) is 0.667. The fourth-order valence-electron chi connectivity index (χ4n) is 4.71. The molecular formula is C18H23N3. The third-order valence-corrected chi connectivity index (χ3v) is 5.84. The van der Waals surface area contributed by atoms with Crippen molar-refractivity contribution in [3.05, 3.63) is 22.9 Å². The number of aromatic nitrogens is 1. The van der Waals surface area contributed by atoms with Gasteiger partial charge in [0, 0.05) is 12.2 Å². The van der Waals surface area contributed by atoms with Gasteiger partial charge in [-0.15, -0.1) is 0 Å². The van der Waals surface area contributed by atoms with Crippen LogP contribution in [0, 0.1) is 29.1 Å². The van der Waals surface area contributed by atoms with Crippen LogP contribution in [0.2, 0.25) is 0 Å². The molecule has 0 saturated heterocycles. The molecule has 2 bridgehead atoms. The summed E-state index contributed by atoms with van der Waals surface area (Å²) in [6.07, 6.45) is 10.3. The van der Waals surface area contributed by atoms with E-state index in [1.54, 1.807) is 0 Å². The zero-order valence-electron chi connectivity index (χ0n) is 12.6. The van der Waals surface area contributed by atoms with Crippen molar-refractivity contribution in [1.29, 1.82) is 5.26 Å². The molecule has 3 aliphatic carbocycles. The van der Waals surface area contributed by atoms with Crippen LogP contribution < -0.4 is 5.32 Å². The van der Waals surface area contributed by atoms with Crippen LogP contribution in [0.4, 0.5) is 5.82 Å². The highest BCUT2D eigenvalue weighted by Crippen LogP contribution is 2.48. The largest absolute Gasteiger partial charge is 0.369 e. The average molecular weight is 281 g/mol. The number of nitriles is 1. The van der Waals surface area contributed by atoms with Crippen LogP contribution in [-0.4, -0.2) is 11.5 Å². The molecule has 0 radical (unpaired) electrons. The number of aryl methyl sites for hydroxylation is 2. The lowest BCUT2D eigenvalue weighted by Gasteiger charge is -2.23. The number of rotatable bonds is 3. The van der Waals surface area contributed by atoms with Gasteiger partial charge >= 0.3 is 0 Å². The van der Waals surface area contributed by atoms with Crippen LogP contribution in [0.1, 0.15) is 55.3 Å². The van der Waals surface area contributed by atoms with Crippen LogP contribution in [0.5, 0.6) is 0 Å². The van der Waals surface area contributed by atoms with Gasteiger partial charge in [-0.05, 0) is 74.3 Å². The first-order valence-corrected chi connectivity index (χ1v) is 8.50. The molecule has 110 valence electrons. The van der Waals surface area contributed by atoms with Crippen molar-refractivity contribution >= 4 is 5.82 Å². The molecule has 3 unspecified atom stereocenters. The van der Waals surface area contributed by atoms with Crippen LogP contribution in [0.15, 0.2) is 6.07 Å². The summed E-state index contributed by atoms with van der Waals surface area (Å²) in [5, 5.41) is 12.9. The SMILES string of the molecule is N#Cc1cc2c(nc1NCC1CC3CCC1C3)CCCC2. The molecule has 0 amide bonds. The smallest absolute Gasteiger partial charge is 0.144 e. The van der Waals surface area contributed by atoms with Crippen LogP contribution in [0.3, 0.4) is 0 Å². The summed E-state index contributed by atoms with van der Waals surface area (Å²) >= 11 is 0. The molecule has 1 heterocycles. The van der Waals surface area contributed by atoms with Crippen LogP contribution >= 0.6 is 0 Å². The molecule has 3 heteroatoms. The van der Waals surface area contributed by atoms with E-state index in [2.05, 4.69) is 17.5 Å². The first-order valence-electron chi connectivity index (χ1n) is 8.50. The number of fused-ring (bicyclic) bond motifs is 3. The van der Waals surface area contributed by atoms with E-state index in [1.165, 1.54) is 49.8 Å². The van der Waals surface area contributed by atoms with E-state index in [-0.39, 0.29) is 0 Å². The van der Waals surface area contributed by atoms with Crippen molar-refractivity contribution in [2.75, 3.05) is 11.9 Å². The highest BCUT2D eigenvalue weighted by Gasteiger charge is 2.39. The molecule has 2 saturated carbocycles. The quantitative estimate of drug-likeness (QED) is 0.919. The topological polar surface area (TPSA) is 48.7 Å². The Kier molecular flexibility index (Phi) is 3.33. The highest BCUT2D eigenvalue weighted by molar-refractivity contribution is 5.54. The van der Waals surface area contributed by atoms with Gasteiger partial charge in [0.15, 0.2) is 0 Å². The Morgan fingerprint density at radius 3 is 2.90 bits per heavy atom. The van der Waals surface area contributed by atoms with Gasteiger partial charge in [0.05, 0.1) is 5.56 Å². The van der Waals surface area contributed by atoms with Crippen LogP contribution in [0.25, 0.3) is 0 Å². The van der Waals surface area contributed by atoms with Gasteiger partial charge in [0.2, 0.25) is 0 Å². The summed E-state index contributed by atoms with van der Waals surface area (Å²) in [7, 11) is 0. The second-order valence-electron chi connectivity index (χ2n) is 7.13. The van der Waals surface area contributed by atoms with E-state index < -0.39 is 0 Å². The number of hydrogen-bond acceptors (Lipinski definition) is 3. The van der Waals surface area contributed by atoms with Gasteiger partial charge in [-0.3, -0.25) is 0 Å². The third-order valence-electron chi connectivity index (χ3n) is 5.84. The maximum Gasteiger partial charge on any atom is 0.144 e. The summed E-state index contributed by atoms with van der Waals surface area (Å²) < 4.78 is 0. The summed E-state index contributed by atoms with van der Waals surface area (Å²) in [4.78, 5) is 4.77. The van der Waals surface area contributed by atoms with Crippen molar-refractivity contribution in [3.8, 4) is 6.07 Å². The van der Waals surface area contributed by atoms with E-state index in [0.717, 1.165) is 48.5 Å². The first-order chi connectivity index (χ1) is 10.3. The number of pyridine rings is 1. The van der Waals surface area contributed by atoms with Crippen molar-refractivity contribution in [3.63, 3.8) is 0 Å². The average Bonchev–Trinajstić information content (AvgIpc) is 3.14. The van der Waals surface area contributed by atoms with Gasteiger partial charge < -0.3 is 5.32 Å². The molecule has 21 heavy (non-hydrogen) atoms. The molecule has 3 atom stereocenters. The predicted molar refractivity (Wildman–Crippen MR) is 83.0 cm³/mol. The Labute approximate surface area is 126 Å². The van der Waals surface area contributed by atoms with Gasteiger partial charge in [-0.1, -0.05) is 6.42 Å². The predicted octanol–water partition coefficient (Wildman–Crippen LogP) is 3.68. The normalized spacial score (nSPS) is 30.0. The summed E-state index contributed by atoms with van der Waals surface area (Å²) in [5.41, 5.74) is 3.25. The number of hydrogen-bond donors (Lipinski definition) is 1. The van der Waals surface area contributed by atoms with Gasteiger partial charge in [0.25, 0.3) is 0 Å². The van der Waals surface area contributed by atoms with Gasteiger partial charge in [0.1, 0.15) is 11.9 Å². The minimum absolute atomic E-state index is 0.735. The Bertz CT molecular complexity index is 587. The summed E-state index contributed by atoms with van der Waals surface area (Å²) in [6, 6.07) is 4.40. The van der Waals surface area contributed by atoms with Crippen molar-refractivity contribution < 1.29 is 0 Å². The standard InChI is InChI=1S/C18H23N3/c19-10-15-9-14-3-1-2-4-17(14)21-18(15)20-11-16-8-12-5-6-13(16)7-12/h9,12-13,16H,1-8,11H2,(H,20,21). The Balaban J connectivity index is 1.50. The Morgan fingerprint density at radius 2 is 2.14 bits per heavy atom. The molecule has 0 aliphatic heterocycles.